The molecule has 8 nitrogen and oxygen atoms in total. The summed E-state index contributed by atoms with van der Waals surface area (Å²) in [6.07, 6.45) is -1.91. The molecule has 0 aliphatic heterocycles. The molecule has 0 spiro atoms. The van der Waals surface area contributed by atoms with Crippen LogP contribution in [0.2, 0.25) is 0 Å². The first-order valence-corrected chi connectivity index (χ1v) is 7.57. The van der Waals surface area contributed by atoms with Crippen molar-refractivity contribution in [1.29, 1.82) is 0 Å². The van der Waals surface area contributed by atoms with Crippen molar-refractivity contribution >= 4 is 11.8 Å². The van der Waals surface area contributed by atoms with Crippen molar-refractivity contribution in [2.75, 3.05) is 13.1 Å². The Balaban J connectivity index is 2.79. The molecule has 0 atom stereocenters. The van der Waals surface area contributed by atoms with Gasteiger partial charge in [-0.05, 0) is 45.7 Å². The van der Waals surface area contributed by atoms with Gasteiger partial charge in [0.25, 0.3) is 5.69 Å². The first kappa shape index (κ1) is 19.9. The number of nitrogens with zero attached hydrogens (tertiary/aromatic N) is 2. The van der Waals surface area contributed by atoms with Gasteiger partial charge in [-0.25, -0.2) is 4.79 Å². The van der Waals surface area contributed by atoms with E-state index in [4.69, 9.17) is 14.9 Å². The van der Waals surface area contributed by atoms with Gasteiger partial charge < -0.3 is 19.8 Å². The number of carbonyl (C=O) groups excluding carboxylic acids is 1. The molecule has 0 aliphatic rings. The van der Waals surface area contributed by atoms with E-state index in [2.05, 4.69) is 0 Å². The monoisotopic (exact) mass is 340 g/mol. The summed E-state index contributed by atoms with van der Waals surface area (Å²) in [4.78, 5) is 23.7. The van der Waals surface area contributed by atoms with Crippen molar-refractivity contribution in [3.8, 4) is 0 Å². The fourth-order valence-electron chi connectivity index (χ4n) is 2.12. The van der Waals surface area contributed by atoms with E-state index in [1.807, 2.05) is 0 Å². The van der Waals surface area contributed by atoms with Gasteiger partial charge in [0.05, 0.1) is 11.5 Å². The summed E-state index contributed by atoms with van der Waals surface area (Å²) < 4.78 is 5.24. The number of hydrogen-bond donors (Lipinski definition) is 2. The van der Waals surface area contributed by atoms with Gasteiger partial charge in [-0.3, -0.25) is 10.1 Å². The van der Waals surface area contributed by atoms with Gasteiger partial charge in [0.1, 0.15) is 5.60 Å². The van der Waals surface area contributed by atoms with Crippen LogP contribution >= 0.6 is 0 Å². The van der Waals surface area contributed by atoms with E-state index in [0.29, 0.717) is 12.0 Å². The van der Waals surface area contributed by atoms with Gasteiger partial charge in [-0.15, -0.1) is 0 Å². The van der Waals surface area contributed by atoms with Crippen molar-refractivity contribution < 1.29 is 24.7 Å². The first-order chi connectivity index (χ1) is 11.0. The van der Waals surface area contributed by atoms with Crippen LogP contribution in [-0.2, 0) is 11.2 Å². The molecule has 1 rings (SSSR count). The molecule has 0 aliphatic carbocycles. The quantitative estimate of drug-likeness (QED) is 0.465. The maximum Gasteiger partial charge on any atom is 0.410 e. The highest BCUT2D eigenvalue weighted by molar-refractivity contribution is 5.68. The van der Waals surface area contributed by atoms with Gasteiger partial charge in [0, 0.05) is 18.2 Å². The third-order valence-corrected chi connectivity index (χ3v) is 3.16. The first-order valence-electron chi connectivity index (χ1n) is 7.57. The largest absolute Gasteiger partial charge is 0.444 e. The fourth-order valence-corrected chi connectivity index (χ4v) is 2.12. The molecule has 1 aromatic carbocycles. The molecule has 0 aromatic heterocycles. The van der Waals surface area contributed by atoms with Crippen molar-refractivity contribution in [3.63, 3.8) is 0 Å². The molecule has 0 bridgehead atoms. The number of nitro benzene ring substituents is 1. The number of carbonyl (C=O) groups is 1. The van der Waals surface area contributed by atoms with E-state index in [1.165, 1.54) is 11.0 Å². The van der Waals surface area contributed by atoms with E-state index in [9.17, 15) is 14.9 Å². The number of aliphatic hydroxyl groups excluding tert-OH is 1. The summed E-state index contributed by atoms with van der Waals surface area (Å²) in [5, 5.41) is 29.1. The Morgan fingerprint density at radius 3 is 2.46 bits per heavy atom. The van der Waals surface area contributed by atoms with Crippen LogP contribution in [0.25, 0.3) is 0 Å². The summed E-state index contributed by atoms with van der Waals surface area (Å²) in [6, 6.07) is 4.72. The molecule has 0 saturated carbocycles. The maximum absolute atomic E-state index is 12.1. The van der Waals surface area contributed by atoms with Crippen molar-refractivity contribution in [3.05, 3.63) is 39.4 Å². The molecule has 24 heavy (non-hydrogen) atoms. The predicted octanol–water partition coefficient (Wildman–Crippen LogP) is 1.99. The zero-order valence-corrected chi connectivity index (χ0v) is 14.4. The molecule has 2 N–H and O–H groups in total. The highest BCUT2D eigenvalue weighted by Crippen LogP contribution is 2.19. The number of aryl methyl sites for hydroxylation is 1. The minimum absolute atomic E-state index is 0.0357. The fraction of sp³-hybridized carbons (Fsp3) is 0.562. The van der Waals surface area contributed by atoms with Gasteiger partial charge in [-0.1, -0.05) is 6.07 Å². The van der Waals surface area contributed by atoms with E-state index in [-0.39, 0.29) is 18.8 Å². The number of ether oxygens (including phenoxy) is 1. The highest BCUT2D eigenvalue weighted by Gasteiger charge is 2.23. The Kier molecular flexibility index (Phi) is 6.68. The number of amides is 1. The summed E-state index contributed by atoms with van der Waals surface area (Å²) in [5.74, 6) is 0. The van der Waals surface area contributed by atoms with E-state index in [1.54, 1.807) is 39.8 Å². The lowest BCUT2D eigenvalue weighted by molar-refractivity contribution is -0.385. The summed E-state index contributed by atoms with van der Waals surface area (Å²) in [5.41, 5.74) is 0.677. The molecule has 1 amide bonds. The highest BCUT2D eigenvalue weighted by atomic mass is 16.6. The zero-order chi connectivity index (χ0) is 18.5. The smallest absolute Gasteiger partial charge is 0.410 e. The van der Waals surface area contributed by atoms with Crippen LogP contribution in [0.3, 0.4) is 0 Å². The minimum atomic E-state index is -1.67. The summed E-state index contributed by atoms with van der Waals surface area (Å²) in [6.45, 7) is 6.73. The second-order valence-electron chi connectivity index (χ2n) is 6.53. The number of benzene rings is 1. The third-order valence-electron chi connectivity index (χ3n) is 3.16. The van der Waals surface area contributed by atoms with Crippen molar-refractivity contribution in [2.45, 2.75) is 46.0 Å². The van der Waals surface area contributed by atoms with Crippen LogP contribution in [0.4, 0.5) is 10.5 Å². The van der Waals surface area contributed by atoms with E-state index >= 15 is 0 Å². The average Bonchev–Trinajstić information content (AvgIpc) is 2.40. The zero-order valence-electron chi connectivity index (χ0n) is 14.4. The van der Waals surface area contributed by atoms with E-state index in [0.717, 1.165) is 5.56 Å². The topological polar surface area (TPSA) is 113 Å². The van der Waals surface area contributed by atoms with Crippen molar-refractivity contribution in [1.82, 2.24) is 4.90 Å². The number of aliphatic hydroxyl groups is 2. The van der Waals surface area contributed by atoms with Crippen LogP contribution in [0, 0.1) is 17.0 Å². The Bertz CT molecular complexity index is 595. The van der Waals surface area contributed by atoms with Crippen LogP contribution in [-0.4, -0.2) is 51.1 Å². The molecule has 0 heterocycles. The second kappa shape index (κ2) is 8.07. The molecule has 134 valence electrons. The second-order valence-corrected chi connectivity index (χ2v) is 6.53. The Morgan fingerprint density at radius 2 is 2.00 bits per heavy atom. The number of hydrogen-bond acceptors (Lipinski definition) is 6. The van der Waals surface area contributed by atoms with Gasteiger partial charge in [0.2, 0.25) is 0 Å². The van der Waals surface area contributed by atoms with Crippen LogP contribution in [0.5, 0.6) is 0 Å². The lowest BCUT2D eigenvalue weighted by atomic mass is 10.1. The van der Waals surface area contributed by atoms with Crippen molar-refractivity contribution in [2.24, 2.45) is 0 Å². The molecule has 0 fully saturated rings. The lowest BCUT2D eigenvalue weighted by Gasteiger charge is -2.28. The van der Waals surface area contributed by atoms with Gasteiger partial charge in [0.15, 0.2) is 6.29 Å². The third kappa shape index (κ3) is 6.51. The van der Waals surface area contributed by atoms with Crippen LogP contribution < -0.4 is 0 Å². The lowest BCUT2D eigenvalue weighted by Crippen LogP contribution is -2.42. The molecular weight excluding hydrogens is 316 g/mol. The molecule has 1 aromatic rings. The van der Waals surface area contributed by atoms with Crippen LogP contribution in [0.15, 0.2) is 18.2 Å². The predicted molar refractivity (Wildman–Crippen MR) is 87.6 cm³/mol. The standard InChI is InChI=1S/C16H24N2O6/c1-11-9-12(5-6-13(11)18(22)23)7-8-17(10-14(19)20)15(21)24-16(2,3)4/h5-6,9,14,19-20H,7-8,10H2,1-4H3. The van der Waals surface area contributed by atoms with Crippen LogP contribution in [0.1, 0.15) is 31.9 Å². The normalized spacial score (nSPS) is 11.5. The molecular formula is C16H24N2O6. The molecule has 0 radical (unpaired) electrons. The maximum atomic E-state index is 12.1. The Labute approximate surface area is 140 Å². The Morgan fingerprint density at radius 1 is 1.38 bits per heavy atom. The summed E-state index contributed by atoms with van der Waals surface area (Å²) >= 11 is 0. The molecule has 0 unspecified atom stereocenters. The Hall–Kier alpha value is -2.19. The summed E-state index contributed by atoms with van der Waals surface area (Å²) in [7, 11) is 0. The van der Waals surface area contributed by atoms with E-state index < -0.39 is 22.9 Å². The van der Waals surface area contributed by atoms with Gasteiger partial charge in [-0.2, -0.15) is 0 Å². The average molecular weight is 340 g/mol. The SMILES string of the molecule is Cc1cc(CCN(CC(O)O)C(=O)OC(C)(C)C)ccc1[N+](=O)[O-]. The van der Waals surface area contributed by atoms with Gasteiger partial charge >= 0.3 is 6.09 Å². The molecule has 8 heteroatoms. The number of rotatable bonds is 6. The minimum Gasteiger partial charge on any atom is -0.444 e. The molecule has 0 saturated heterocycles. The number of nitro groups is 1.